The van der Waals surface area contributed by atoms with Gasteiger partial charge in [0.05, 0.1) is 16.9 Å². The third-order valence-electron chi connectivity index (χ3n) is 3.33. The number of anilines is 2. The van der Waals surface area contributed by atoms with Crippen molar-refractivity contribution in [1.29, 1.82) is 0 Å². The van der Waals surface area contributed by atoms with Crippen molar-refractivity contribution in [2.75, 3.05) is 5.32 Å². The minimum Gasteiger partial charge on any atom is -0.478 e. The maximum atomic E-state index is 11.2. The fraction of sp³-hybridized carbons (Fsp3) is 0.133. The number of benzene rings is 2. The topological polar surface area (TPSA) is 58.6 Å². The average molecular weight is 255 g/mol. The Morgan fingerprint density at radius 3 is 2.63 bits per heavy atom. The number of carboxylic acids is 1. The number of nitrogens with one attached hydrogen (secondary N) is 1. The molecule has 2 aromatic rings. The van der Waals surface area contributed by atoms with Crippen molar-refractivity contribution >= 4 is 17.3 Å². The zero-order valence-electron chi connectivity index (χ0n) is 10.7. The Morgan fingerprint density at radius 1 is 1.16 bits per heavy atom. The van der Waals surface area contributed by atoms with E-state index in [0.29, 0.717) is 11.4 Å². The molecule has 0 fully saturated rings. The number of hydrogen-bond donors (Lipinski definition) is 2. The third kappa shape index (κ3) is 1.81. The second kappa shape index (κ2) is 4.02. The number of rotatable bonds is 1. The summed E-state index contributed by atoms with van der Waals surface area (Å²) in [7, 11) is 0. The van der Waals surface area contributed by atoms with Crippen LogP contribution in [0.25, 0.3) is 0 Å². The summed E-state index contributed by atoms with van der Waals surface area (Å²) in [4.78, 5) is 11.2. The first kappa shape index (κ1) is 11.6. The first-order chi connectivity index (χ1) is 9.06. The third-order valence-corrected chi connectivity index (χ3v) is 3.33. The van der Waals surface area contributed by atoms with Crippen molar-refractivity contribution in [2.45, 2.75) is 13.8 Å². The molecule has 0 aliphatic carbocycles. The van der Waals surface area contributed by atoms with E-state index in [1.165, 1.54) is 0 Å². The van der Waals surface area contributed by atoms with Crippen LogP contribution in [0.2, 0.25) is 0 Å². The van der Waals surface area contributed by atoms with E-state index in [-0.39, 0.29) is 5.56 Å². The Hall–Kier alpha value is -2.49. The number of fused-ring (bicyclic) bond motifs is 2. The number of carbonyl (C=O) groups is 1. The van der Waals surface area contributed by atoms with Crippen LogP contribution in [0.1, 0.15) is 21.5 Å². The number of hydrogen-bond acceptors (Lipinski definition) is 3. The largest absolute Gasteiger partial charge is 0.478 e. The number of carboxylic acid groups (broad SMARTS) is 1. The van der Waals surface area contributed by atoms with Crippen molar-refractivity contribution < 1.29 is 14.6 Å². The van der Waals surface area contributed by atoms with Crippen LogP contribution in [0.3, 0.4) is 0 Å². The van der Waals surface area contributed by atoms with Gasteiger partial charge in [-0.3, -0.25) is 0 Å². The van der Waals surface area contributed by atoms with Gasteiger partial charge in [-0.15, -0.1) is 0 Å². The monoisotopic (exact) mass is 255 g/mol. The van der Waals surface area contributed by atoms with E-state index in [9.17, 15) is 9.90 Å². The number of aryl methyl sites for hydroxylation is 2. The molecule has 0 amide bonds. The second-order valence-corrected chi connectivity index (χ2v) is 4.64. The Morgan fingerprint density at radius 2 is 1.89 bits per heavy atom. The zero-order chi connectivity index (χ0) is 13.6. The lowest BCUT2D eigenvalue weighted by atomic mass is 10.1. The Kier molecular flexibility index (Phi) is 2.45. The molecule has 1 heterocycles. The summed E-state index contributed by atoms with van der Waals surface area (Å²) in [5.41, 5.74) is 3.78. The van der Waals surface area contributed by atoms with E-state index in [1.807, 2.05) is 26.0 Å². The van der Waals surface area contributed by atoms with E-state index >= 15 is 0 Å². The number of aromatic carboxylic acids is 1. The molecule has 3 rings (SSSR count). The molecular weight excluding hydrogens is 242 g/mol. The summed E-state index contributed by atoms with van der Waals surface area (Å²) in [6, 6.07) is 8.91. The molecule has 4 heteroatoms. The van der Waals surface area contributed by atoms with Crippen LogP contribution in [-0.4, -0.2) is 11.1 Å². The average Bonchev–Trinajstić information content (AvgIpc) is 2.37. The van der Waals surface area contributed by atoms with Gasteiger partial charge in [0.2, 0.25) is 0 Å². The van der Waals surface area contributed by atoms with Crippen molar-refractivity contribution in [2.24, 2.45) is 0 Å². The van der Waals surface area contributed by atoms with Crippen LogP contribution in [-0.2, 0) is 0 Å². The van der Waals surface area contributed by atoms with E-state index in [4.69, 9.17) is 4.74 Å². The van der Waals surface area contributed by atoms with E-state index in [2.05, 4.69) is 5.32 Å². The molecule has 1 aliphatic heterocycles. The quantitative estimate of drug-likeness (QED) is 0.693. The summed E-state index contributed by atoms with van der Waals surface area (Å²) >= 11 is 0. The fourth-order valence-corrected chi connectivity index (χ4v) is 2.15. The van der Waals surface area contributed by atoms with Crippen LogP contribution < -0.4 is 10.1 Å². The first-order valence-electron chi connectivity index (χ1n) is 5.98. The normalized spacial score (nSPS) is 11.9. The molecular formula is C15H13NO3. The lowest BCUT2D eigenvalue weighted by Crippen LogP contribution is -2.09. The van der Waals surface area contributed by atoms with Gasteiger partial charge in [0.25, 0.3) is 0 Å². The molecule has 0 spiro atoms. The molecule has 2 N–H and O–H groups in total. The summed E-state index contributed by atoms with van der Waals surface area (Å²) in [5, 5.41) is 12.3. The minimum atomic E-state index is -0.972. The summed E-state index contributed by atoms with van der Waals surface area (Å²) in [6.45, 7) is 4.03. The molecule has 19 heavy (non-hydrogen) atoms. The van der Waals surface area contributed by atoms with E-state index in [0.717, 1.165) is 22.6 Å². The highest BCUT2D eigenvalue weighted by atomic mass is 16.5. The Balaban J connectivity index is 2.14. The molecule has 0 radical (unpaired) electrons. The van der Waals surface area contributed by atoms with Crippen molar-refractivity contribution in [3.63, 3.8) is 0 Å². The molecule has 0 aromatic heterocycles. The molecule has 4 nitrogen and oxygen atoms in total. The highest BCUT2D eigenvalue weighted by molar-refractivity contribution is 5.98. The highest BCUT2D eigenvalue weighted by Crippen LogP contribution is 2.44. The van der Waals surface area contributed by atoms with Crippen LogP contribution >= 0.6 is 0 Å². The number of ether oxygens (including phenoxy) is 1. The van der Waals surface area contributed by atoms with E-state index < -0.39 is 5.97 Å². The first-order valence-corrected chi connectivity index (χ1v) is 5.98. The molecule has 0 atom stereocenters. The van der Waals surface area contributed by atoms with Gasteiger partial charge in [-0.25, -0.2) is 4.79 Å². The van der Waals surface area contributed by atoms with E-state index in [1.54, 1.807) is 18.2 Å². The molecule has 96 valence electrons. The predicted octanol–water partition coefficient (Wildman–Crippen LogP) is 3.85. The standard InChI is InChI=1S/C15H13NO3/c1-8-6-11-13(7-9(8)2)19-12-5-3-4-10(15(17)18)14(12)16-11/h3-7,16H,1-2H3,(H,17,18). The van der Waals surface area contributed by atoms with Gasteiger partial charge in [-0.1, -0.05) is 6.07 Å². The summed E-state index contributed by atoms with van der Waals surface area (Å²) in [5.74, 6) is 0.286. The lowest BCUT2D eigenvalue weighted by Gasteiger charge is -2.24. The van der Waals surface area contributed by atoms with Crippen LogP contribution in [0.5, 0.6) is 11.5 Å². The van der Waals surface area contributed by atoms with Crippen molar-refractivity contribution in [3.8, 4) is 11.5 Å². The molecule has 0 unspecified atom stereocenters. The minimum absolute atomic E-state index is 0.210. The smallest absolute Gasteiger partial charge is 0.337 e. The second-order valence-electron chi connectivity index (χ2n) is 4.64. The number of para-hydroxylation sites is 1. The summed E-state index contributed by atoms with van der Waals surface area (Å²) < 4.78 is 5.78. The highest BCUT2D eigenvalue weighted by Gasteiger charge is 2.22. The van der Waals surface area contributed by atoms with Gasteiger partial charge in [0.1, 0.15) is 0 Å². The van der Waals surface area contributed by atoms with Crippen molar-refractivity contribution in [1.82, 2.24) is 0 Å². The summed E-state index contributed by atoms with van der Waals surface area (Å²) in [6.07, 6.45) is 0. The molecule has 2 aromatic carbocycles. The maximum absolute atomic E-state index is 11.2. The zero-order valence-corrected chi connectivity index (χ0v) is 10.7. The Labute approximate surface area is 110 Å². The SMILES string of the molecule is Cc1cc2c(cc1C)Oc1cccc(C(=O)O)c1N2. The molecule has 0 saturated carbocycles. The molecule has 0 bridgehead atoms. The van der Waals surface area contributed by atoms with Gasteiger partial charge in [-0.05, 0) is 49.2 Å². The van der Waals surface area contributed by atoms with Gasteiger partial charge >= 0.3 is 5.97 Å². The maximum Gasteiger partial charge on any atom is 0.337 e. The Bertz CT molecular complexity index is 692. The van der Waals surface area contributed by atoms with Crippen molar-refractivity contribution in [3.05, 3.63) is 47.0 Å². The van der Waals surface area contributed by atoms with Gasteiger partial charge in [0.15, 0.2) is 11.5 Å². The van der Waals surface area contributed by atoms with Gasteiger partial charge < -0.3 is 15.2 Å². The van der Waals surface area contributed by atoms with Gasteiger partial charge in [-0.2, -0.15) is 0 Å². The van der Waals surface area contributed by atoms with Crippen LogP contribution in [0.15, 0.2) is 30.3 Å². The molecule has 1 aliphatic rings. The predicted molar refractivity (Wildman–Crippen MR) is 72.7 cm³/mol. The van der Waals surface area contributed by atoms with Crippen LogP contribution in [0.4, 0.5) is 11.4 Å². The fourth-order valence-electron chi connectivity index (χ4n) is 2.15. The van der Waals surface area contributed by atoms with Gasteiger partial charge in [0, 0.05) is 0 Å². The molecule has 0 saturated heterocycles. The lowest BCUT2D eigenvalue weighted by molar-refractivity contribution is 0.0697. The van der Waals surface area contributed by atoms with Crippen LogP contribution in [0, 0.1) is 13.8 Å².